The molecule has 8 heteroatoms. The maximum absolute atomic E-state index is 12.6. The second-order valence-corrected chi connectivity index (χ2v) is 8.66. The fourth-order valence-corrected chi connectivity index (χ4v) is 5.52. The third-order valence-corrected chi connectivity index (χ3v) is 6.76. The van der Waals surface area contributed by atoms with Gasteiger partial charge in [0.25, 0.3) is 11.2 Å². The highest BCUT2D eigenvalue weighted by Crippen LogP contribution is 2.36. The maximum Gasteiger partial charge on any atom is 0.269 e. The van der Waals surface area contributed by atoms with Crippen LogP contribution < -0.4 is 5.56 Å². The lowest BCUT2D eigenvalue weighted by atomic mass is 9.89. The Morgan fingerprint density at radius 2 is 2.15 bits per heavy atom. The summed E-state index contributed by atoms with van der Waals surface area (Å²) in [5, 5.41) is 12.1. The van der Waals surface area contributed by atoms with Crippen molar-refractivity contribution in [3.8, 4) is 0 Å². The Balaban J connectivity index is 1.57. The molecule has 0 bridgehead atoms. The van der Waals surface area contributed by atoms with Crippen LogP contribution in [0.2, 0.25) is 0 Å². The first-order valence-electron chi connectivity index (χ1n) is 8.42. The summed E-state index contributed by atoms with van der Waals surface area (Å²) in [7, 11) is 0. The first kappa shape index (κ1) is 17.2. The molecule has 1 N–H and O–H groups in total. The van der Waals surface area contributed by atoms with E-state index >= 15 is 0 Å². The number of aromatic amines is 1. The Kier molecular flexibility index (Phi) is 4.54. The standard InChI is InChI=1S/C18H17N3O3S2/c1-10-2-7-13-14(8-10)26-17-15(13)16(22)19-18(20-17)25-9-11-3-5-12(6-4-11)21(23)24/h3-6,10H,2,7-9H2,1H3,(H,19,20,22)/t10-/m0/s1. The molecule has 2 aromatic heterocycles. The Morgan fingerprint density at radius 1 is 1.38 bits per heavy atom. The fraction of sp³-hybridized carbons (Fsp3) is 0.333. The van der Waals surface area contributed by atoms with Crippen molar-refractivity contribution in [2.24, 2.45) is 5.92 Å². The third-order valence-electron chi connectivity index (χ3n) is 4.67. The SMILES string of the molecule is C[C@H]1CCc2c(sc3nc(SCc4ccc([N+](=O)[O-])cc4)[nH]c(=O)c23)C1. The molecule has 0 saturated heterocycles. The van der Waals surface area contributed by atoms with Crippen LogP contribution in [0.25, 0.3) is 10.2 Å². The molecule has 1 atom stereocenters. The molecule has 3 aromatic rings. The Bertz CT molecular complexity index is 1040. The zero-order valence-corrected chi connectivity index (χ0v) is 15.8. The summed E-state index contributed by atoms with van der Waals surface area (Å²) in [5.74, 6) is 1.25. The van der Waals surface area contributed by atoms with Crippen LogP contribution in [-0.2, 0) is 18.6 Å². The minimum atomic E-state index is -0.413. The predicted molar refractivity (Wildman–Crippen MR) is 104 cm³/mol. The van der Waals surface area contributed by atoms with Crippen molar-refractivity contribution in [1.29, 1.82) is 0 Å². The lowest BCUT2D eigenvalue weighted by Crippen LogP contribution is -2.13. The molecule has 0 radical (unpaired) electrons. The molecular weight excluding hydrogens is 370 g/mol. The lowest BCUT2D eigenvalue weighted by Gasteiger charge is -2.17. The molecule has 26 heavy (non-hydrogen) atoms. The first-order valence-corrected chi connectivity index (χ1v) is 10.2. The third kappa shape index (κ3) is 3.26. The number of hydrogen-bond donors (Lipinski definition) is 1. The Hall–Kier alpha value is -2.19. The zero-order valence-electron chi connectivity index (χ0n) is 14.2. The van der Waals surface area contributed by atoms with E-state index in [0.717, 1.165) is 35.0 Å². The maximum atomic E-state index is 12.6. The van der Waals surface area contributed by atoms with Crippen LogP contribution >= 0.6 is 23.1 Å². The van der Waals surface area contributed by atoms with E-state index in [1.807, 2.05) is 0 Å². The molecule has 0 saturated carbocycles. The number of non-ortho nitro benzene ring substituents is 1. The van der Waals surface area contributed by atoms with Crippen molar-refractivity contribution in [2.75, 3.05) is 0 Å². The molecule has 2 heterocycles. The number of aryl methyl sites for hydroxylation is 1. The lowest BCUT2D eigenvalue weighted by molar-refractivity contribution is -0.384. The van der Waals surface area contributed by atoms with Gasteiger partial charge in [-0.3, -0.25) is 14.9 Å². The summed E-state index contributed by atoms with van der Waals surface area (Å²) in [6, 6.07) is 6.44. The summed E-state index contributed by atoms with van der Waals surface area (Å²) in [5.41, 5.74) is 2.14. The van der Waals surface area contributed by atoms with E-state index in [1.54, 1.807) is 23.5 Å². The second-order valence-electron chi connectivity index (χ2n) is 6.62. The molecule has 6 nitrogen and oxygen atoms in total. The van der Waals surface area contributed by atoms with Crippen LogP contribution in [0, 0.1) is 16.0 Å². The quantitative estimate of drug-likeness (QED) is 0.312. The molecule has 134 valence electrons. The molecule has 0 amide bonds. The number of rotatable bonds is 4. The van der Waals surface area contributed by atoms with E-state index < -0.39 is 4.92 Å². The fourth-order valence-electron chi connectivity index (χ4n) is 3.26. The average Bonchev–Trinajstić information content (AvgIpc) is 2.98. The molecule has 0 spiro atoms. The highest BCUT2D eigenvalue weighted by atomic mass is 32.2. The normalized spacial score (nSPS) is 16.6. The van der Waals surface area contributed by atoms with Gasteiger partial charge < -0.3 is 4.98 Å². The zero-order chi connectivity index (χ0) is 18.3. The predicted octanol–water partition coefficient (Wildman–Crippen LogP) is 4.31. The smallest absolute Gasteiger partial charge is 0.269 e. The van der Waals surface area contributed by atoms with Crippen molar-refractivity contribution in [3.63, 3.8) is 0 Å². The van der Waals surface area contributed by atoms with Crippen molar-refractivity contribution >= 4 is 39.0 Å². The minimum absolute atomic E-state index is 0.0618. The number of fused-ring (bicyclic) bond motifs is 3. The summed E-state index contributed by atoms with van der Waals surface area (Å²) < 4.78 is 0. The van der Waals surface area contributed by atoms with Gasteiger partial charge in [-0.1, -0.05) is 30.8 Å². The number of nitro groups is 1. The van der Waals surface area contributed by atoms with Crippen molar-refractivity contribution < 1.29 is 4.92 Å². The van der Waals surface area contributed by atoms with Crippen LogP contribution in [0.3, 0.4) is 0 Å². The van der Waals surface area contributed by atoms with E-state index in [-0.39, 0.29) is 11.2 Å². The molecule has 1 aliphatic carbocycles. The van der Waals surface area contributed by atoms with Gasteiger partial charge in [0, 0.05) is 22.8 Å². The van der Waals surface area contributed by atoms with Crippen LogP contribution in [0.1, 0.15) is 29.3 Å². The number of thiophene rings is 1. The van der Waals surface area contributed by atoms with Gasteiger partial charge in [0.15, 0.2) is 5.16 Å². The molecular formula is C18H17N3O3S2. The molecule has 1 aliphatic rings. The second kappa shape index (κ2) is 6.85. The van der Waals surface area contributed by atoms with Gasteiger partial charge >= 0.3 is 0 Å². The summed E-state index contributed by atoms with van der Waals surface area (Å²) in [4.78, 5) is 32.5. The van der Waals surface area contributed by atoms with Crippen LogP contribution in [-0.4, -0.2) is 14.9 Å². The number of H-pyrrole nitrogens is 1. The number of benzene rings is 1. The highest BCUT2D eigenvalue weighted by Gasteiger charge is 2.23. The monoisotopic (exact) mass is 387 g/mol. The van der Waals surface area contributed by atoms with Crippen molar-refractivity contribution in [1.82, 2.24) is 9.97 Å². The largest absolute Gasteiger partial charge is 0.301 e. The van der Waals surface area contributed by atoms with E-state index in [0.29, 0.717) is 16.8 Å². The van der Waals surface area contributed by atoms with E-state index in [2.05, 4.69) is 16.9 Å². The summed E-state index contributed by atoms with van der Waals surface area (Å²) in [6.45, 7) is 2.25. The molecule has 0 aliphatic heterocycles. The minimum Gasteiger partial charge on any atom is -0.301 e. The number of thioether (sulfide) groups is 1. The molecule has 4 rings (SSSR count). The number of hydrogen-bond acceptors (Lipinski definition) is 6. The van der Waals surface area contributed by atoms with E-state index in [1.165, 1.54) is 34.3 Å². The number of nitro benzene ring substituents is 1. The van der Waals surface area contributed by atoms with Gasteiger partial charge in [-0.15, -0.1) is 11.3 Å². The molecule has 0 unspecified atom stereocenters. The topological polar surface area (TPSA) is 88.9 Å². The van der Waals surface area contributed by atoms with Crippen molar-refractivity contribution in [3.05, 3.63) is 60.7 Å². The van der Waals surface area contributed by atoms with Crippen LogP contribution in [0.5, 0.6) is 0 Å². The van der Waals surface area contributed by atoms with Gasteiger partial charge in [0.2, 0.25) is 0 Å². The van der Waals surface area contributed by atoms with Gasteiger partial charge in [0.1, 0.15) is 4.83 Å². The average molecular weight is 387 g/mol. The summed E-state index contributed by atoms with van der Waals surface area (Å²) in [6.07, 6.45) is 3.10. The number of aromatic nitrogens is 2. The van der Waals surface area contributed by atoms with Crippen LogP contribution in [0.4, 0.5) is 5.69 Å². The highest BCUT2D eigenvalue weighted by molar-refractivity contribution is 7.98. The molecule has 0 fully saturated rings. The van der Waals surface area contributed by atoms with Gasteiger partial charge in [-0.25, -0.2) is 4.98 Å². The Morgan fingerprint density at radius 3 is 2.88 bits per heavy atom. The van der Waals surface area contributed by atoms with E-state index in [9.17, 15) is 14.9 Å². The Labute approximate surface area is 157 Å². The summed E-state index contributed by atoms with van der Waals surface area (Å²) >= 11 is 3.07. The van der Waals surface area contributed by atoms with Gasteiger partial charge in [0.05, 0.1) is 10.3 Å². The van der Waals surface area contributed by atoms with Crippen molar-refractivity contribution in [2.45, 2.75) is 37.1 Å². The molecule has 1 aromatic carbocycles. The first-order chi connectivity index (χ1) is 12.5. The number of nitrogens with zero attached hydrogens (tertiary/aromatic N) is 2. The van der Waals surface area contributed by atoms with Gasteiger partial charge in [-0.2, -0.15) is 0 Å². The van der Waals surface area contributed by atoms with Crippen LogP contribution in [0.15, 0.2) is 34.2 Å². The van der Waals surface area contributed by atoms with E-state index in [4.69, 9.17) is 0 Å². The van der Waals surface area contributed by atoms with Gasteiger partial charge in [-0.05, 0) is 36.3 Å². The number of nitrogens with one attached hydrogen (secondary N) is 1.